The van der Waals surface area contributed by atoms with Crippen LogP contribution >= 0.6 is 0 Å². The fraction of sp³-hybridized carbons (Fsp3) is 0.700. The zero-order valence-electron chi connectivity index (χ0n) is 9.57. The summed E-state index contributed by atoms with van der Waals surface area (Å²) in [7, 11) is 1.81. The highest BCUT2D eigenvalue weighted by molar-refractivity contribution is 5.59. The lowest BCUT2D eigenvalue weighted by atomic mass is 10.1. The lowest BCUT2D eigenvalue weighted by Gasteiger charge is -2.13. The molecule has 0 aliphatic rings. The Morgan fingerprint density at radius 3 is 2.73 bits per heavy atom. The summed E-state index contributed by atoms with van der Waals surface area (Å²) in [4.78, 5) is 0. The average molecular weight is 212 g/mol. The lowest BCUT2D eigenvalue weighted by Crippen LogP contribution is -2.21. The van der Waals surface area contributed by atoms with Gasteiger partial charge < -0.3 is 16.2 Å². The molecule has 0 aliphatic heterocycles. The van der Waals surface area contributed by atoms with Gasteiger partial charge in [0.25, 0.3) is 0 Å². The van der Waals surface area contributed by atoms with Gasteiger partial charge in [0.05, 0.1) is 11.8 Å². The van der Waals surface area contributed by atoms with Crippen molar-refractivity contribution in [2.24, 2.45) is 13.0 Å². The summed E-state index contributed by atoms with van der Waals surface area (Å²) in [5, 5.41) is 16.8. The minimum absolute atomic E-state index is 0.355. The van der Waals surface area contributed by atoms with E-state index in [2.05, 4.69) is 24.3 Å². The molecular formula is C10H20N4O. The number of aryl methyl sites for hydroxylation is 1. The Hall–Kier alpha value is -1.23. The van der Waals surface area contributed by atoms with Crippen LogP contribution in [0.1, 0.15) is 20.3 Å². The van der Waals surface area contributed by atoms with Gasteiger partial charge in [-0.25, -0.2) is 0 Å². The molecule has 0 saturated carbocycles. The number of aromatic nitrogens is 2. The third kappa shape index (κ3) is 3.79. The first-order chi connectivity index (χ1) is 6.99. The third-order valence-corrected chi connectivity index (χ3v) is 2.11. The third-order valence-electron chi connectivity index (χ3n) is 2.11. The molecule has 4 N–H and O–H groups in total. The van der Waals surface area contributed by atoms with Crippen LogP contribution in [-0.2, 0) is 7.05 Å². The number of nitrogens with two attached hydrogens (primary N) is 1. The molecule has 1 atom stereocenters. The van der Waals surface area contributed by atoms with Gasteiger partial charge >= 0.3 is 0 Å². The maximum Gasteiger partial charge on any atom is 0.171 e. The lowest BCUT2D eigenvalue weighted by molar-refractivity contribution is 0.161. The number of nitrogens with one attached hydrogen (secondary N) is 1. The zero-order valence-corrected chi connectivity index (χ0v) is 9.57. The maximum absolute atomic E-state index is 9.64. The van der Waals surface area contributed by atoms with Crippen LogP contribution < -0.4 is 11.1 Å². The Morgan fingerprint density at radius 2 is 2.27 bits per heavy atom. The van der Waals surface area contributed by atoms with Crippen LogP contribution in [0.15, 0.2) is 6.20 Å². The van der Waals surface area contributed by atoms with Crippen molar-refractivity contribution in [2.75, 3.05) is 17.6 Å². The Morgan fingerprint density at radius 1 is 1.60 bits per heavy atom. The molecule has 0 amide bonds. The average Bonchev–Trinajstić information content (AvgIpc) is 2.40. The summed E-state index contributed by atoms with van der Waals surface area (Å²) in [6.45, 7) is 4.65. The van der Waals surface area contributed by atoms with E-state index < -0.39 is 0 Å². The Kier molecular flexibility index (Phi) is 3.96. The molecule has 86 valence electrons. The van der Waals surface area contributed by atoms with Crippen LogP contribution in [0, 0.1) is 5.92 Å². The number of hydrogen-bond donors (Lipinski definition) is 3. The molecule has 1 heterocycles. The molecule has 1 aromatic heterocycles. The summed E-state index contributed by atoms with van der Waals surface area (Å²) in [6.07, 6.45) is 2.16. The van der Waals surface area contributed by atoms with Gasteiger partial charge in [-0.2, -0.15) is 5.10 Å². The molecule has 0 aliphatic carbocycles. The van der Waals surface area contributed by atoms with E-state index in [0.29, 0.717) is 24.0 Å². The van der Waals surface area contributed by atoms with Crippen molar-refractivity contribution in [3.05, 3.63) is 6.20 Å². The van der Waals surface area contributed by atoms with Crippen LogP contribution in [0.2, 0.25) is 0 Å². The van der Waals surface area contributed by atoms with Crippen molar-refractivity contribution in [3.63, 3.8) is 0 Å². The summed E-state index contributed by atoms with van der Waals surface area (Å²) < 4.78 is 1.65. The highest BCUT2D eigenvalue weighted by Gasteiger charge is 2.09. The van der Waals surface area contributed by atoms with Gasteiger partial charge in [0.1, 0.15) is 0 Å². The summed E-state index contributed by atoms with van der Waals surface area (Å²) in [6, 6.07) is 0. The second kappa shape index (κ2) is 5.02. The molecule has 0 radical (unpaired) electrons. The number of rotatable bonds is 5. The minimum atomic E-state index is -0.355. The van der Waals surface area contributed by atoms with Crippen molar-refractivity contribution in [2.45, 2.75) is 26.4 Å². The van der Waals surface area contributed by atoms with E-state index in [4.69, 9.17) is 5.73 Å². The molecule has 0 aromatic carbocycles. The van der Waals surface area contributed by atoms with E-state index in [1.807, 2.05) is 7.05 Å². The molecule has 1 rings (SSSR count). The molecule has 0 fully saturated rings. The van der Waals surface area contributed by atoms with Crippen LogP contribution in [0.25, 0.3) is 0 Å². The molecule has 5 nitrogen and oxygen atoms in total. The van der Waals surface area contributed by atoms with Gasteiger partial charge in [0, 0.05) is 19.8 Å². The van der Waals surface area contributed by atoms with Crippen molar-refractivity contribution >= 4 is 11.5 Å². The normalized spacial score (nSPS) is 13.1. The Labute approximate surface area is 90.3 Å². The molecular weight excluding hydrogens is 192 g/mol. The van der Waals surface area contributed by atoms with Crippen LogP contribution in [0.3, 0.4) is 0 Å². The van der Waals surface area contributed by atoms with Crippen molar-refractivity contribution in [1.29, 1.82) is 0 Å². The predicted octanol–water partition coefficient (Wildman–Crippen LogP) is 0.821. The molecule has 0 spiro atoms. The number of nitrogen functional groups attached to an aromatic ring is 1. The predicted molar refractivity (Wildman–Crippen MR) is 61.6 cm³/mol. The van der Waals surface area contributed by atoms with Gasteiger partial charge in [0.2, 0.25) is 0 Å². The minimum Gasteiger partial charge on any atom is -0.394 e. The fourth-order valence-electron chi connectivity index (χ4n) is 1.49. The summed E-state index contributed by atoms with van der Waals surface area (Å²) in [5.41, 5.74) is 6.31. The first-order valence-corrected chi connectivity index (χ1v) is 5.20. The topological polar surface area (TPSA) is 76.1 Å². The molecule has 1 aromatic rings. The first kappa shape index (κ1) is 11.8. The highest BCUT2D eigenvalue weighted by atomic mass is 16.3. The van der Waals surface area contributed by atoms with Crippen molar-refractivity contribution in [3.8, 4) is 0 Å². The van der Waals surface area contributed by atoms with Gasteiger partial charge in [0.15, 0.2) is 5.82 Å². The number of anilines is 2. The molecule has 0 bridgehead atoms. The van der Waals surface area contributed by atoms with Crippen LogP contribution in [0.5, 0.6) is 0 Å². The Bertz CT molecular complexity index is 308. The standard InChI is InChI=1S/C10H20N4O/c1-7(2)4-8(15)5-12-10-9(11)6-14(3)13-10/h6-8,15H,4-5,11H2,1-3H3,(H,12,13). The fourth-order valence-corrected chi connectivity index (χ4v) is 1.49. The molecule has 5 heteroatoms. The Balaban J connectivity index is 2.40. The summed E-state index contributed by atoms with van der Waals surface area (Å²) in [5.74, 6) is 1.13. The largest absolute Gasteiger partial charge is 0.394 e. The van der Waals surface area contributed by atoms with E-state index >= 15 is 0 Å². The van der Waals surface area contributed by atoms with E-state index in [1.165, 1.54) is 0 Å². The maximum atomic E-state index is 9.64. The van der Waals surface area contributed by atoms with E-state index in [9.17, 15) is 5.11 Å². The number of nitrogens with zero attached hydrogens (tertiary/aromatic N) is 2. The van der Waals surface area contributed by atoms with E-state index in [0.717, 1.165) is 6.42 Å². The molecule has 1 unspecified atom stereocenters. The first-order valence-electron chi connectivity index (χ1n) is 5.20. The van der Waals surface area contributed by atoms with Gasteiger partial charge in [-0.15, -0.1) is 0 Å². The number of aliphatic hydroxyl groups is 1. The van der Waals surface area contributed by atoms with Crippen molar-refractivity contribution < 1.29 is 5.11 Å². The van der Waals surface area contributed by atoms with E-state index in [-0.39, 0.29) is 6.10 Å². The second-order valence-corrected chi connectivity index (χ2v) is 4.27. The van der Waals surface area contributed by atoms with Crippen LogP contribution in [0.4, 0.5) is 11.5 Å². The smallest absolute Gasteiger partial charge is 0.171 e. The van der Waals surface area contributed by atoms with Gasteiger partial charge in [-0.1, -0.05) is 13.8 Å². The van der Waals surface area contributed by atoms with Gasteiger partial charge in [-0.3, -0.25) is 4.68 Å². The van der Waals surface area contributed by atoms with Crippen LogP contribution in [-0.4, -0.2) is 27.5 Å². The SMILES string of the molecule is CC(C)CC(O)CNc1nn(C)cc1N. The highest BCUT2D eigenvalue weighted by Crippen LogP contribution is 2.14. The zero-order chi connectivity index (χ0) is 11.4. The van der Waals surface area contributed by atoms with Crippen molar-refractivity contribution in [1.82, 2.24) is 9.78 Å². The number of hydrogen-bond acceptors (Lipinski definition) is 4. The quantitative estimate of drug-likeness (QED) is 0.675. The van der Waals surface area contributed by atoms with Gasteiger partial charge in [-0.05, 0) is 12.3 Å². The van der Waals surface area contributed by atoms with E-state index in [1.54, 1.807) is 10.9 Å². The second-order valence-electron chi connectivity index (χ2n) is 4.27. The molecule has 15 heavy (non-hydrogen) atoms. The number of aliphatic hydroxyl groups excluding tert-OH is 1. The monoisotopic (exact) mass is 212 g/mol. The molecule has 0 saturated heterocycles. The summed E-state index contributed by atoms with van der Waals surface area (Å²) >= 11 is 0.